The Bertz CT molecular complexity index is 760. The molecule has 1 N–H and O–H groups in total. The van der Waals surface area contributed by atoms with E-state index in [0.717, 1.165) is 0 Å². The van der Waals surface area contributed by atoms with Gasteiger partial charge >= 0.3 is 0 Å². The number of rotatable bonds is 6. The van der Waals surface area contributed by atoms with Gasteiger partial charge in [0.2, 0.25) is 15.9 Å². The largest absolute Gasteiger partial charge is 0.372 e. The third kappa shape index (κ3) is 5.82. The molecule has 2 aliphatic rings. The first kappa shape index (κ1) is 20.9. The molecule has 1 aromatic carbocycles. The number of amides is 1. The van der Waals surface area contributed by atoms with Crippen LogP contribution in [-0.2, 0) is 30.0 Å². The number of benzene rings is 1. The van der Waals surface area contributed by atoms with E-state index in [0.29, 0.717) is 29.4 Å². The minimum absolute atomic E-state index is 0.0709. The summed E-state index contributed by atoms with van der Waals surface area (Å²) in [6.45, 7) is 1.37. The average molecular weight is 435 g/mol. The van der Waals surface area contributed by atoms with Gasteiger partial charge in [0, 0.05) is 18.1 Å². The molecule has 2 saturated heterocycles. The second kappa shape index (κ2) is 9.11. The highest BCUT2D eigenvalue weighted by molar-refractivity contribution is 7.99. The predicted octanol–water partition coefficient (Wildman–Crippen LogP) is 1.12. The van der Waals surface area contributed by atoms with E-state index in [1.807, 2.05) is 6.26 Å². The summed E-state index contributed by atoms with van der Waals surface area (Å²) in [6.07, 6.45) is 1.44. The second-order valence-corrected chi connectivity index (χ2v) is 9.74. The molecule has 7 nitrogen and oxygen atoms in total. The minimum Gasteiger partial charge on any atom is -0.372 e. The summed E-state index contributed by atoms with van der Waals surface area (Å²) in [5.41, 5.74) is 0.616. The van der Waals surface area contributed by atoms with Gasteiger partial charge in [0.25, 0.3) is 0 Å². The Hall–Kier alpha value is -0.840. The number of halogens is 1. The Morgan fingerprint density at radius 1 is 1.30 bits per heavy atom. The van der Waals surface area contributed by atoms with Crippen LogP contribution in [0.15, 0.2) is 24.3 Å². The summed E-state index contributed by atoms with van der Waals surface area (Å²) in [4.78, 5) is 13.8. The van der Waals surface area contributed by atoms with Crippen molar-refractivity contribution in [3.8, 4) is 0 Å². The number of carbonyl (C=O) groups excluding carboxylic acids is 1. The Labute approximate surface area is 168 Å². The summed E-state index contributed by atoms with van der Waals surface area (Å²) in [6, 6.07) is 6.30. The van der Waals surface area contributed by atoms with Gasteiger partial charge in [0.1, 0.15) is 12.2 Å². The lowest BCUT2D eigenvalue weighted by Gasteiger charge is -2.19. The van der Waals surface area contributed by atoms with Gasteiger partial charge in [-0.05, 0) is 24.0 Å². The minimum atomic E-state index is -3.56. The lowest BCUT2D eigenvalue weighted by atomic mass is 10.2. The first-order valence-corrected chi connectivity index (χ1v) is 12.0. The molecule has 0 spiro atoms. The summed E-state index contributed by atoms with van der Waals surface area (Å²) < 4.78 is 39.2. The van der Waals surface area contributed by atoms with Crippen LogP contribution in [-0.4, -0.2) is 75.8 Å². The summed E-state index contributed by atoms with van der Waals surface area (Å²) in [7, 11) is -3.56. The maximum absolute atomic E-state index is 12.4. The van der Waals surface area contributed by atoms with E-state index in [9.17, 15) is 13.2 Å². The molecule has 2 fully saturated rings. The van der Waals surface area contributed by atoms with Crippen LogP contribution in [0.3, 0.4) is 0 Å². The lowest BCUT2D eigenvalue weighted by molar-refractivity contribution is -0.128. The first-order valence-electron chi connectivity index (χ1n) is 8.60. The van der Waals surface area contributed by atoms with Crippen molar-refractivity contribution in [2.24, 2.45) is 0 Å². The number of nitrogens with one attached hydrogen (secondary N) is 1. The van der Waals surface area contributed by atoms with Gasteiger partial charge in [0.05, 0.1) is 30.8 Å². The van der Waals surface area contributed by atoms with Crippen LogP contribution in [0, 0.1) is 0 Å². The number of hydrogen-bond donors (Lipinski definition) is 1. The molecule has 150 valence electrons. The molecule has 10 heteroatoms. The molecular formula is C17H23ClN2O5S2. The Morgan fingerprint density at radius 2 is 1.96 bits per heavy atom. The Balaban J connectivity index is 1.53. The van der Waals surface area contributed by atoms with E-state index in [1.165, 1.54) is 11.8 Å². The van der Waals surface area contributed by atoms with E-state index >= 15 is 0 Å². The molecule has 0 saturated carbocycles. The van der Waals surface area contributed by atoms with Gasteiger partial charge in [-0.25, -0.2) is 13.1 Å². The molecule has 3 rings (SSSR count). The molecule has 0 aromatic heterocycles. The first-order chi connectivity index (χ1) is 12.9. The van der Waals surface area contributed by atoms with Crippen LogP contribution in [0.2, 0.25) is 5.02 Å². The zero-order chi connectivity index (χ0) is 19.4. The zero-order valence-corrected chi connectivity index (χ0v) is 17.4. The standard InChI is InChI=1S/C17H23ClN2O5S2/c1-26-10-17(21)20-6-15-16(7-20)25-9-14(8-24-15)19-27(22,23)11-12-3-2-4-13(18)5-12/h2-5,14-16,19H,6-11H2,1H3/t15-,16-/m0/s1. The predicted molar refractivity (Wildman–Crippen MR) is 105 cm³/mol. The number of sulfonamides is 1. The molecule has 1 amide bonds. The molecular weight excluding hydrogens is 412 g/mol. The highest BCUT2D eigenvalue weighted by Gasteiger charge is 2.39. The fourth-order valence-electron chi connectivity index (χ4n) is 3.22. The van der Waals surface area contributed by atoms with Crippen LogP contribution < -0.4 is 4.72 Å². The molecule has 27 heavy (non-hydrogen) atoms. The smallest absolute Gasteiger partial charge is 0.232 e. The number of thioether (sulfide) groups is 1. The average Bonchev–Trinajstić information content (AvgIpc) is 2.92. The van der Waals surface area contributed by atoms with Gasteiger partial charge in [-0.1, -0.05) is 23.7 Å². The molecule has 2 aliphatic heterocycles. The van der Waals surface area contributed by atoms with Crippen molar-refractivity contribution >= 4 is 39.3 Å². The second-order valence-electron chi connectivity index (χ2n) is 6.68. The highest BCUT2D eigenvalue weighted by Crippen LogP contribution is 2.21. The number of nitrogens with zero attached hydrogens (tertiary/aromatic N) is 1. The van der Waals surface area contributed by atoms with Gasteiger partial charge in [-0.15, -0.1) is 0 Å². The van der Waals surface area contributed by atoms with Crippen molar-refractivity contribution in [3.05, 3.63) is 34.9 Å². The van der Waals surface area contributed by atoms with Crippen LogP contribution in [0.25, 0.3) is 0 Å². The van der Waals surface area contributed by atoms with E-state index in [2.05, 4.69) is 4.72 Å². The van der Waals surface area contributed by atoms with Gasteiger partial charge in [-0.2, -0.15) is 11.8 Å². The quantitative estimate of drug-likeness (QED) is 0.722. The van der Waals surface area contributed by atoms with E-state index in [-0.39, 0.29) is 37.1 Å². The van der Waals surface area contributed by atoms with Crippen LogP contribution in [0.1, 0.15) is 5.56 Å². The number of fused-ring (bicyclic) bond motifs is 1. The van der Waals surface area contributed by atoms with Crippen molar-refractivity contribution in [3.63, 3.8) is 0 Å². The van der Waals surface area contributed by atoms with Gasteiger partial charge in [0.15, 0.2) is 0 Å². The monoisotopic (exact) mass is 434 g/mol. The van der Waals surface area contributed by atoms with Crippen LogP contribution in [0.4, 0.5) is 0 Å². The van der Waals surface area contributed by atoms with Gasteiger partial charge < -0.3 is 14.4 Å². The number of carbonyl (C=O) groups is 1. The topological polar surface area (TPSA) is 84.9 Å². The fraction of sp³-hybridized carbons (Fsp3) is 0.588. The summed E-state index contributed by atoms with van der Waals surface area (Å²) in [5, 5.41) is 0.497. The van der Waals surface area contributed by atoms with E-state index < -0.39 is 16.1 Å². The third-order valence-corrected chi connectivity index (χ3v) is 6.63. The molecule has 0 radical (unpaired) electrons. The Kier molecular flexibility index (Phi) is 7.04. The molecule has 0 unspecified atom stereocenters. The fourth-order valence-corrected chi connectivity index (χ4v) is 5.21. The zero-order valence-electron chi connectivity index (χ0n) is 15.0. The normalized spacial score (nSPS) is 23.9. The van der Waals surface area contributed by atoms with Crippen LogP contribution in [0.5, 0.6) is 0 Å². The van der Waals surface area contributed by atoms with Crippen LogP contribution >= 0.6 is 23.4 Å². The molecule has 0 aliphatic carbocycles. The maximum atomic E-state index is 12.4. The Morgan fingerprint density at radius 3 is 2.56 bits per heavy atom. The molecule has 2 heterocycles. The maximum Gasteiger partial charge on any atom is 0.232 e. The van der Waals surface area contributed by atoms with E-state index in [1.54, 1.807) is 29.2 Å². The van der Waals surface area contributed by atoms with E-state index in [4.69, 9.17) is 21.1 Å². The SMILES string of the molecule is CSCC(=O)N1C[C@@H]2OCC(NS(=O)(=O)Cc3cccc(Cl)c3)CO[C@H]2C1. The number of ether oxygens (including phenoxy) is 2. The third-order valence-electron chi connectivity index (χ3n) is 4.45. The number of hydrogen-bond acceptors (Lipinski definition) is 6. The molecule has 2 atom stereocenters. The van der Waals surface area contributed by atoms with Crippen molar-refractivity contribution in [2.45, 2.75) is 24.0 Å². The van der Waals surface area contributed by atoms with Crippen molar-refractivity contribution in [1.29, 1.82) is 0 Å². The van der Waals surface area contributed by atoms with Crippen molar-refractivity contribution < 1.29 is 22.7 Å². The molecule has 1 aromatic rings. The lowest BCUT2D eigenvalue weighted by Crippen LogP contribution is -2.42. The summed E-state index contributed by atoms with van der Waals surface area (Å²) >= 11 is 7.40. The van der Waals surface area contributed by atoms with Crippen molar-refractivity contribution in [1.82, 2.24) is 9.62 Å². The summed E-state index contributed by atoms with van der Waals surface area (Å²) in [5.74, 6) is 0.348. The van der Waals surface area contributed by atoms with Gasteiger partial charge in [-0.3, -0.25) is 4.79 Å². The highest BCUT2D eigenvalue weighted by atomic mass is 35.5. The van der Waals surface area contributed by atoms with Crippen molar-refractivity contribution in [2.75, 3.05) is 38.3 Å². The molecule has 0 bridgehead atoms. The number of likely N-dealkylation sites (tertiary alicyclic amines) is 1.